The molecule has 126 valence electrons. The van der Waals surface area contributed by atoms with Crippen molar-refractivity contribution in [1.82, 2.24) is 9.97 Å². The lowest BCUT2D eigenvalue weighted by molar-refractivity contribution is 0.0988. The number of amides is 1. The van der Waals surface area contributed by atoms with Crippen molar-refractivity contribution in [3.63, 3.8) is 0 Å². The topological polar surface area (TPSA) is 58.1 Å². The molecule has 1 N–H and O–H groups in total. The third-order valence-electron chi connectivity index (χ3n) is 3.91. The quantitative estimate of drug-likeness (QED) is 0.781. The highest BCUT2D eigenvalue weighted by atomic mass is 16.2. The highest BCUT2D eigenvalue weighted by molar-refractivity contribution is 6.04. The van der Waals surface area contributed by atoms with Gasteiger partial charge in [-0.1, -0.05) is 36.4 Å². The molecule has 2 aromatic carbocycles. The monoisotopic (exact) mass is 332 g/mol. The number of anilines is 3. The minimum Gasteiger partial charge on any atom is -0.340 e. The van der Waals surface area contributed by atoms with Crippen molar-refractivity contribution in [2.24, 2.45) is 0 Å². The van der Waals surface area contributed by atoms with E-state index in [0.717, 1.165) is 16.9 Å². The fourth-order valence-electron chi connectivity index (χ4n) is 2.53. The molecule has 1 heterocycles. The molecule has 0 aliphatic heterocycles. The number of para-hydroxylation sites is 2. The van der Waals surface area contributed by atoms with E-state index in [4.69, 9.17) is 0 Å². The van der Waals surface area contributed by atoms with Crippen LogP contribution < -0.4 is 10.2 Å². The van der Waals surface area contributed by atoms with Gasteiger partial charge in [0.2, 0.25) is 0 Å². The average molecular weight is 332 g/mol. The second kappa shape index (κ2) is 7.13. The molecule has 5 heteroatoms. The highest BCUT2D eigenvalue weighted by Crippen LogP contribution is 2.20. The molecule has 0 unspecified atom stereocenters. The van der Waals surface area contributed by atoms with Gasteiger partial charge in [-0.15, -0.1) is 0 Å². The first-order valence-corrected chi connectivity index (χ1v) is 8.06. The molecule has 0 atom stereocenters. The van der Waals surface area contributed by atoms with E-state index in [-0.39, 0.29) is 5.91 Å². The van der Waals surface area contributed by atoms with E-state index in [1.54, 1.807) is 24.9 Å². The predicted octanol–water partition coefficient (Wildman–Crippen LogP) is 4.11. The molecule has 0 fully saturated rings. The van der Waals surface area contributed by atoms with Crippen LogP contribution in [-0.2, 0) is 0 Å². The van der Waals surface area contributed by atoms with Gasteiger partial charge in [0, 0.05) is 24.5 Å². The zero-order valence-electron chi connectivity index (χ0n) is 14.5. The molecule has 0 bridgehead atoms. The second-order valence-corrected chi connectivity index (χ2v) is 5.83. The molecule has 0 aliphatic carbocycles. The van der Waals surface area contributed by atoms with Crippen LogP contribution in [0.4, 0.5) is 17.2 Å². The number of rotatable bonds is 4. The third-order valence-corrected chi connectivity index (χ3v) is 3.91. The van der Waals surface area contributed by atoms with Crippen LogP contribution in [0.3, 0.4) is 0 Å². The summed E-state index contributed by atoms with van der Waals surface area (Å²) in [6.07, 6.45) is 0. The van der Waals surface area contributed by atoms with Gasteiger partial charge in [-0.3, -0.25) is 4.79 Å². The number of carbonyl (C=O) groups is 1. The van der Waals surface area contributed by atoms with Gasteiger partial charge in [0.1, 0.15) is 17.3 Å². The van der Waals surface area contributed by atoms with Gasteiger partial charge >= 0.3 is 0 Å². The molecule has 0 spiro atoms. The Morgan fingerprint density at radius 2 is 1.64 bits per heavy atom. The molecule has 0 saturated carbocycles. The summed E-state index contributed by atoms with van der Waals surface area (Å²) < 4.78 is 0. The third kappa shape index (κ3) is 3.83. The highest BCUT2D eigenvalue weighted by Gasteiger charge is 2.16. The summed E-state index contributed by atoms with van der Waals surface area (Å²) in [6, 6.07) is 19.1. The van der Waals surface area contributed by atoms with E-state index in [2.05, 4.69) is 15.3 Å². The van der Waals surface area contributed by atoms with E-state index < -0.39 is 0 Å². The Labute approximate surface area is 147 Å². The van der Waals surface area contributed by atoms with Crippen LogP contribution in [0.5, 0.6) is 0 Å². The molecule has 0 radical (unpaired) electrons. The molecule has 1 amide bonds. The van der Waals surface area contributed by atoms with Crippen molar-refractivity contribution in [2.75, 3.05) is 17.3 Å². The van der Waals surface area contributed by atoms with Crippen LogP contribution in [0, 0.1) is 13.8 Å². The predicted molar refractivity (Wildman–Crippen MR) is 100 cm³/mol. The van der Waals surface area contributed by atoms with Gasteiger partial charge in [0.05, 0.1) is 0 Å². The Balaban J connectivity index is 1.89. The molecule has 5 nitrogen and oxygen atoms in total. The van der Waals surface area contributed by atoms with E-state index >= 15 is 0 Å². The smallest absolute Gasteiger partial charge is 0.276 e. The maximum absolute atomic E-state index is 12.8. The van der Waals surface area contributed by atoms with Gasteiger partial charge in [-0.2, -0.15) is 0 Å². The lowest BCUT2D eigenvalue weighted by atomic mass is 10.2. The largest absolute Gasteiger partial charge is 0.340 e. The van der Waals surface area contributed by atoms with E-state index in [0.29, 0.717) is 17.3 Å². The zero-order valence-corrected chi connectivity index (χ0v) is 14.5. The SMILES string of the molecule is Cc1nc(Nc2ccccc2C)cc(C(=O)N(C)c2ccccc2)n1. The molecule has 3 rings (SSSR count). The number of aryl methyl sites for hydroxylation is 2. The summed E-state index contributed by atoms with van der Waals surface area (Å²) in [5, 5.41) is 3.27. The summed E-state index contributed by atoms with van der Waals surface area (Å²) in [7, 11) is 1.74. The molecular formula is C20H20N4O. The molecule has 0 aliphatic rings. The summed E-state index contributed by atoms with van der Waals surface area (Å²) in [5.41, 5.74) is 3.23. The summed E-state index contributed by atoms with van der Waals surface area (Å²) in [4.78, 5) is 23.1. The lowest BCUT2D eigenvalue weighted by Gasteiger charge is -2.17. The minimum atomic E-state index is -0.176. The Morgan fingerprint density at radius 3 is 2.36 bits per heavy atom. The van der Waals surface area contributed by atoms with Gasteiger partial charge in [0.15, 0.2) is 0 Å². The number of hydrogen-bond acceptors (Lipinski definition) is 4. The molecular weight excluding hydrogens is 312 g/mol. The van der Waals surface area contributed by atoms with Gasteiger partial charge in [0.25, 0.3) is 5.91 Å². The fourth-order valence-corrected chi connectivity index (χ4v) is 2.53. The van der Waals surface area contributed by atoms with Crippen molar-refractivity contribution < 1.29 is 4.79 Å². The number of hydrogen-bond donors (Lipinski definition) is 1. The van der Waals surface area contributed by atoms with Crippen molar-refractivity contribution in [3.05, 3.63) is 77.7 Å². The van der Waals surface area contributed by atoms with Crippen LogP contribution in [0.15, 0.2) is 60.7 Å². The first-order valence-electron chi connectivity index (χ1n) is 8.06. The molecule has 1 aromatic heterocycles. The van der Waals surface area contributed by atoms with E-state index in [1.807, 2.05) is 61.5 Å². The van der Waals surface area contributed by atoms with Crippen LogP contribution in [-0.4, -0.2) is 22.9 Å². The zero-order chi connectivity index (χ0) is 17.8. The standard InChI is InChI=1S/C20H20N4O/c1-14-9-7-8-12-17(14)23-19-13-18(21-15(2)22-19)20(25)24(3)16-10-5-4-6-11-16/h4-13H,1-3H3,(H,21,22,23). The van der Waals surface area contributed by atoms with Gasteiger partial charge in [-0.25, -0.2) is 9.97 Å². The van der Waals surface area contributed by atoms with Crippen molar-refractivity contribution in [1.29, 1.82) is 0 Å². The van der Waals surface area contributed by atoms with E-state index in [9.17, 15) is 4.79 Å². The number of nitrogens with one attached hydrogen (secondary N) is 1. The summed E-state index contributed by atoms with van der Waals surface area (Å²) in [5.74, 6) is 0.972. The van der Waals surface area contributed by atoms with Crippen molar-refractivity contribution in [2.45, 2.75) is 13.8 Å². The van der Waals surface area contributed by atoms with E-state index in [1.165, 1.54) is 0 Å². The lowest BCUT2D eigenvalue weighted by Crippen LogP contribution is -2.27. The number of nitrogens with zero attached hydrogens (tertiary/aromatic N) is 3. The van der Waals surface area contributed by atoms with Gasteiger partial charge < -0.3 is 10.2 Å². The summed E-state index contributed by atoms with van der Waals surface area (Å²) >= 11 is 0. The Morgan fingerprint density at radius 1 is 0.960 bits per heavy atom. The molecule has 0 saturated heterocycles. The minimum absolute atomic E-state index is 0.176. The number of aromatic nitrogens is 2. The maximum atomic E-state index is 12.8. The van der Waals surface area contributed by atoms with Crippen molar-refractivity contribution in [3.8, 4) is 0 Å². The van der Waals surface area contributed by atoms with Crippen LogP contribution in [0.25, 0.3) is 0 Å². The first-order chi connectivity index (χ1) is 12.0. The Hall–Kier alpha value is -3.21. The Kier molecular flexibility index (Phi) is 4.75. The molecule has 25 heavy (non-hydrogen) atoms. The van der Waals surface area contributed by atoms with Crippen LogP contribution in [0.1, 0.15) is 21.9 Å². The Bertz CT molecular complexity index is 893. The molecule has 3 aromatic rings. The van der Waals surface area contributed by atoms with Crippen LogP contribution >= 0.6 is 0 Å². The second-order valence-electron chi connectivity index (χ2n) is 5.83. The maximum Gasteiger partial charge on any atom is 0.276 e. The fraction of sp³-hybridized carbons (Fsp3) is 0.150. The average Bonchev–Trinajstić information content (AvgIpc) is 2.62. The van der Waals surface area contributed by atoms with Gasteiger partial charge in [-0.05, 0) is 37.6 Å². The van der Waals surface area contributed by atoms with Crippen LogP contribution in [0.2, 0.25) is 0 Å². The normalized spacial score (nSPS) is 10.4. The number of benzene rings is 2. The van der Waals surface area contributed by atoms with Crippen molar-refractivity contribution >= 4 is 23.1 Å². The summed E-state index contributed by atoms with van der Waals surface area (Å²) in [6.45, 7) is 3.80. The first kappa shape index (κ1) is 16.6. The number of carbonyl (C=O) groups excluding carboxylic acids is 1.